The van der Waals surface area contributed by atoms with Crippen LogP contribution in [-0.4, -0.2) is 12.6 Å². The van der Waals surface area contributed by atoms with Crippen LogP contribution in [0.2, 0.25) is 0 Å². The zero-order chi connectivity index (χ0) is 8.53. The second-order valence-corrected chi connectivity index (χ2v) is 2.75. The van der Waals surface area contributed by atoms with Gasteiger partial charge in [0, 0.05) is 12.6 Å². The van der Waals surface area contributed by atoms with E-state index in [0.717, 1.165) is 25.8 Å². The Morgan fingerprint density at radius 3 is 2.45 bits per heavy atom. The van der Waals surface area contributed by atoms with Gasteiger partial charge in [0.25, 0.3) is 0 Å². The highest BCUT2D eigenvalue weighted by Crippen LogP contribution is 2.02. The van der Waals surface area contributed by atoms with Crippen LogP contribution < -0.4 is 22.5 Å². The summed E-state index contributed by atoms with van der Waals surface area (Å²) in [6, 6.07) is 0.452. The SMILES string of the molecule is CCCC(CCCNN)NN. The number of hydrazine groups is 2. The number of nitrogens with two attached hydrogens (primary N) is 2. The summed E-state index contributed by atoms with van der Waals surface area (Å²) in [6.45, 7) is 3.02. The van der Waals surface area contributed by atoms with Crippen molar-refractivity contribution in [3.63, 3.8) is 0 Å². The maximum atomic E-state index is 5.34. The van der Waals surface area contributed by atoms with Crippen molar-refractivity contribution in [1.82, 2.24) is 10.9 Å². The molecule has 0 amide bonds. The molecule has 0 radical (unpaired) electrons. The van der Waals surface area contributed by atoms with Crippen LogP contribution in [0, 0.1) is 0 Å². The lowest BCUT2D eigenvalue weighted by Crippen LogP contribution is -2.35. The molecule has 0 saturated carbocycles. The summed E-state index contributed by atoms with van der Waals surface area (Å²) >= 11 is 0. The maximum absolute atomic E-state index is 5.34. The van der Waals surface area contributed by atoms with E-state index in [1.165, 1.54) is 6.42 Å². The minimum Gasteiger partial charge on any atom is -0.271 e. The summed E-state index contributed by atoms with van der Waals surface area (Å²) in [5.74, 6) is 10.5. The highest BCUT2D eigenvalue weighted by molar-refractivity contribution is 4.62. The molecule has 0 aliphatic carbocycles. The van der Waals surface area contributed by atoms with E-state index in [0.29, 0.717) is 6.04 Å². The van der Waals surface area contributed by atoms with Gasteiger partial charge in [-0.15, -0.1) is 0 Å². The first kappa shape index (κ1) is 10.8. The molecule has 0 rings (SSSR count). The van der Waals surface area contributed by atoms with Crippen LogP contribution in [0.25, 0.3) is 0 Å². The van der Waals surface area contributed by atoms with E-state index in [2.05, 4.69) is 17.8 Å². The first-order chi connectivity index (χ1) is 5.35. The van der Waals surface area contributed by atoms with Crippen molar-refractivity contribution >= 4 is 0 Å². The molecule has 0 bridgehead atoms. The van der Waals surface area contributed by atoms with E-state index in [1.54, 1.807) is 0 Å². The summed E-state index contributed by atoms with van der Waals surface area (Å²) in [6.07, 6.45) is 4.48. The Bertz CT molecular complexity index is 76.8. The Morgan fingerprint density at radius 2 is 2.00 bits per heavy atom. The number of hydrogen-bond donors (Lipinski definition) is 4. The summed E-state index contributed by atoms with van der Waals surface area (Å²) in [5.41, 5.74) is 5.41. The number of rotatable bonds is 7. The molecule has 4 nitrogen and oxygen atoms in total. The molecule has 0 fully saturated rings. The molecule has 68 valence electrons. The predicted molar refractivity (Wildman–Crippen MR) is 47.4 cm³/mol. The lowest BCUT2D eigenvalue weighted by atomic mass is 10.1. The molecular formula is C7H20N4. The third-order valence-electron chi connectivity index (χ3n) is 1.75. The molecule has 1 atom stereocenters. The maximum Gasteiger partial charge on any atom is 0.0210 e. The molecule has 6 N–H and O–H groups in total. The van der Waals surface area contributed by atoms with Crippen molar-refractivity contribution in [3.05, 3.63) is 0 Å². The molecule has 0 aromatic rings. The van der Waals surface area contributed by atoms with Crippen molar-refractivity contribution in [2.45, 2.75) is 38.6 Å². The van der Waals surface area contributed by atoms with Crippen molar-refractivity contribution in [2.75, 3.05) is 6.54 Å². The third-order valence-corrected chi connectivity index (χ3v) is 1.75. The Morgan fingerprint density at radius 1 is 1.27 bits per heavy atom. The van der Waals surface area contributed by atoms with Crippen molar-refractivity contribution in [1.29, 1.82) is 0 Å². The fraction of sp³-hybridized carbons (Fsp3) is 1.00. The third kappa shape index (κ3) is 6.25. The van der Waals surface area contributed by atoms with Gasteiger partial charge < -0.3 is 0 Å². The predicted octanol–water partition coefficient (Wildman–Crippen LogP) is -0.138. The monoisotopic (exact) mass is 160 g/mol. The summed E-state index contributed by atoms with van der Waals surface area (Å²) in [5, 5.41) is 0. The van der Waals surface area contributed by atoms with Gasteiger partial charge >= 0.3 is 0 Å². The zero-order valence-corrected chi connectivity index (χ0v) is 7.27. The second kappa shape index (κ2) is 7.94. The quantitative estimate of drug-likeness (QED) is 0.237. The number of nitrogens with one attached hydrogen (secondary N) is 2. The van der Waals surface area contributed by atoms with Gasteiger partial charge in [-0.2, -0.15) is 0 Å². The van der Waals surface area contributed by atoms with Gasteiger partial charge in [-0.25, -0.2) is 0 Å². The van der Waals surface area contributed by atoms with Gasteiger partial charge in [0.15, 0.2) is 0 Å². The Hall–Kier alpha value is -0.160. The van der Waals surface area contributed by atoms with Crippen molar-refractivity contribution in [3.8, 4) is 0 Å². The van der Waals surface area contributed by atoms with E-state index < -0.39 is 0 Å². The van der Waals surface area contributed by atoms with Gasteiger partial charge in [-0.05, 0) is 19.3 Å². The Kier molecular flexibility index (Phi) is 7.83. The fourth-order valence-corrected chi connectivity index (χ4v) is 1.11. The normalized spacial score (nSPS) is 13.4. The van der Waals surface area contributed by atoms with Gasteiger partial charge in [0.1, 0.15) is 0 Å². The zero-order valence-electron chi connectivity index (χ0n) is 7.27. The van der Waals surface area contributed by atoms with Crippen LogP contribution in [-0.2, 0) is 0 Å². The largest absolute Gasteiger partial charge is 0.271 e. The smallest absolute Gasteiger partial charge is 0.0210 e. The lowest BCUT2D eigenvalue weighted by molar-refractivity contribution is 0.441. The number of hydrogen-bond acceptors (Lipinski definition) is 4. The molecule has 0 saturated heterocycles. The van der Waals surface area contributed by atoms with Crippen LogP contribution in [0.15, 0.2) is 0 Å². The first-order valence-corrected chi connectivity index (χ1v) is 4.24. The van der Waals surface area contributed by atoms with Gasteiger partial charge in [-0.3, -0.25) is 22.5 Å². The summed E-state index contributed by atoms with van der Waals surface area (Å²) in [4.78, 5) is 0. The molecule has 0 aliphatic heterocycles. The molecule has 1 unspecified atom stereocenters. The molecule has 11 heavy (non-hydrogen) atoms. The highest BCUT2D eigenvalue weighted by Gasteiger charge is 2.02. The molecule has 4 heteroatoms. The molecule has 0 heterocycles. The minimum atomic E-state index is 0.452. The van der Waals surface area contributed by atoms with E-state index in [4.69, 9.17) is 11.7 Å². The van der Waals surface area contributed by atoms with Gasteiger partial charge in [-0.1, -0.05) is 13.3 Å². The fourth-order valence-electron chi connectivity index (χ4n) is 1.11. The van der Waals surface area contributed by atoms with Crippen LogP contribution in [0.4, 0.5) is 0 Å². The highest BCUT2D eigenvalue weighted by atomic mass is 15.2. The Balaban J connectivity index is 3.20. The topological polar surface area (TPSA) is 76.1 Å². The summed E-state index contributed by atoms with van der Waals surface area (Å²) < 4.78 is 0. The first-order valence-electron chi connectivity index (χ1n) is 4.24. The van der Waals surface area contributed by atoms with Gasteiger partial charge in [0.2, 0.25) is 0 Å². The van der Waals surface area contributed by atoms with Crippen LogP contribution in [0.5, 0.6) is 0 Å². The van der Waals surface area contributed by atoms with Crippen molar-refractivity contribution in [2.24, 2.45) is 11.7 Å². The Labute approximate surface area is 68.6 Å². The van der Waals surface area contributed by atoms with Crippen molar-refractivity contribution < 1.29 is 0 Å². The molecule has 0 aliphatic rings. The average molecular weight is 160 g/mol. The summed E-state index contributed by atoms with van der Waals surface area (Å²) in [7, 11) is 0. The van der Waals surface area contributed by atoms with Gasteiger partial charge in [0.05, 0.1) is 0 Å². The molecular weight excluding hydrogens is 140 g/mol. The average Bonchev–Trinajstić information content (AvgIpc) is 2.03. The molecule has 0 aromatic heterocycles. The lowest BCUT2D eigenvalue weighted by Gasteiger charge is -2.13. The molecule has 0 aromatic carbocycles. The standard InChI is InChI=1S/C7H20N4/c1-2-4-7(11-9)5-3-6-10-8/h7,10-11H,2-6,8-9H2,1H3. The van der Waals surface area contributed by atoms with Crippen LogP contribution in [0.1, 0.15) is 32.6 Å². The molecule has 0 spiro atoms. The van der Waals surface area contributed by atoms with E-state index in [-0.39, 0.29) is 0 Å². The second-order valence-electron chi connectivity index (χ2n) is 2.75. The van der Waals surface area contributed by atoms with Crippen LogP contribution in [0.3, 0.4) is 0 Å². The van der Waals surface area contributed by atoms with Crippen LogP contribution >= 0.6 is 0 Å². The van der Waals surface area contributed by atoms with E-state index in [9.17, 15) is 0 Å². The minimum absolute atomic E-state index is 0.452. The van der Waals surface area contributed by atoms with E-state index >= 15 is 0 Å². The van der Waals surface area contributed by atoms with E-state index in [1.807, 2.05) is 0 Å².